The lowest BCUT2D eigenvalue weighted by atomic mass is 10.2. The zero-order valence-electron chi connectivity index (χ0n) is 10.8. The molecule has 98 valence electrons. The van der Waals surface area contributed by atoms with E-state index in [0.29, 0.717) is 19.7 Å². The second kappa shape index (κ2) is 6.28. The minimum atomic E-state index is 0.00348. The summed E-state index contributed by atoms with van der Waals surface area (Å²) in [5.41, 5.74) is 1.07. The van der Waals surface area contributed by atoms with Crippen LogP contribution in [0.5, 0.6) is 5.75 Å². The number of hydrogen-bond donors (Lipinski definition) is 1. The fourth-order valence-electron chi connectivity index (χ4n) is 1.98. The van der Waals surface area contributed by atoms with Gasteiger partial charge in [-0.15, -0.1) is 0 Å². The number of urea groups is 1. The van der Waals surface area contributed by atoms with Crippen LogP contribution in [0, 0.1) is 0 Å². The number of hydrogen-bond acceptors (Lipinski definition) is 2. The van der Waals surface area contributed by atoms with Gasteiger partial charge in [0.2, 0.25) is 0 Å². The Bertz CT molecular complexity index is 407. The molecule has 4 heteroatoms. The average molecular weight is 248 g/mol. The first-order valence-corrected chi connectivity index (χ1v) is 6.54. The molecule has 2 amide bonds. The van der Waals surface area contributed by atoms with Gasteiger partial charge in [0, 0.05) is 12.1 Å². The SMILES string of the molecule is CCCCNC(=O)N1CCOc2ccccc2C1. The summed E-state index contributed by atoms with van der Waals surface area (Å²) in [7, 11) is 0. The zero-order valence-corrected chi connectivity index (χ0v) is 10.8. The molecule has 0 aromatic heterocycles. The van der Waals surface area contributed by atoms with Crippen LogP contribution < -0.4 is 10.1 Å². The fraction of sp³-hybridized carbons (Fsp3) is 0.500. The molecule has 0 unspecified atom stereocenters. The van der Waals surface area contributed by atoms with Gasteiger partial charge in [-0.3, -0.25) is 0 Å². The number of carbonyl (C=O) groups excluding carboxylic acids is 1. The van der Waals surface area contributed by atoms with Crippen molar-refractivity contribution >= 4 is 6.03 Å². The topological polar surface area (TPSA) is 41.6 Å². The number of fused-ring (bicyclic) bond motifs is 1. The molecule has 0 spiro atoms. The number of nitrogens with one attached hydrogen (secondary N) is 1. The van der Waals surface area contributed by atoms with Gasteiger partial charge >= 0.3 is 6.03 Å². The molecule has 0 fully saturated rings. The molecule has 0 radical (unpaired) electrons. The number of para-hydroxylation sites is 1. The normalized spacial score (nSPS) is 14.4. The van der Waals surface area contributed by atoms with Gasteiger partial charge < -0.3 is 15.0 Å². The van der Waals surface area contributed by atoms with Crippen molar-refractivity contribution < 1.29 is 9.53 Å². The number of nitrogens with zero attached hydrogens (tertiary/aromatic N) is 1. The number of amides is 2. The molecule has 2 rings (SSSR count). The van der Waals surface area contributed by atoms with Gasteiger partial charge in [-0.25, -0.2) is 4.79 Å². The van der Waals surface area contributed by atoms with Gasteiger partial charge in [-0.05, 0) is 12.5 Å². The molecule has 18 heavy (non-hydrogen) atoms. The summed E-state index contributed by atoms with van der Waals surface area (Å²) in [4.78, 5) is 13.8. The average Bonchev–Trinajstić information content (AvgIpc) is 2.61. The van der Waals surface area contributed by atoms with E-state index >= 15 is 0 Å². The monoisotopic (exact) mass is 248 g/mol. The van der Waals surface area contributed by atoms with Crippen molar-refractivity contribution in [3.8, 4) is 5.75 Å². The van der Waals surface area contributed by atoms with Crippen LogP contribution >= 0.6 is 0 Å². The first-order chi connectivity index (χ1) is 8.81. The van der Waals surface area contributed by atoms with Gasteiger partial charge in [0.15, 0.2) is 0 Å². The van der Waals surface area contributed by atoms with E-state index in [4.69, 9.17) is 4.74 Å². The molecule has 0 atom stereocenters. The van der Waals surface area contributed by atoms with E-state index in [0.717, 1.165) is 30.7 Å². The Morgan fingerprint density at radius 3 is 3.11 bits per heavy atom. The number of carbonyl (C=O) groups is 1. The Hall–Kier alpha value is -1.71. The van der Waals surface area contributed by atoms with Crippen LogP contribution in [0.15, 0.2) is 24.3 Å². The van der Waals surface area contributed by atoms with E-state index in [1.54, 1.807) is 0 Å². The van der Waals surface area contributed by atoms with Crippen LogP contribution in [-0.2, 0) is 6.54 Å². The van der Waals surface area contributed by atoms with Crippen molar-refractivity contribution in [1.29, 1.82) is 0 Å². The fourth-order valence-corrected chi connectivity index (χ4v) is 1.98. The zero-order chi connectivity index (χ0) is 12.8. The summed E-state index contributed by atoms with van der Waals surface area (Å²) in [5.74, 6) is 0.890. The molecule has 1 aliphatic heterocycles. The third-order valence-electron chi connectivity index (χ3n) is 3.05. The lowest BCUT2D eigenvalue weighted by molar-refractivity contribution is 0.187. The molecule has 1 N–H and O–H groups in total. The minimum absolute atomic E-state index is 0.00348. The van der Waals surface area contributed by atoms with E-state index in [9.17, 15) is 4.79 Å². The second-order valence-corrected chi connectivity index (χ2v) is 4.46. The predicted molar refractivity (Wildman–Crippen MR) is 70.7 cm³/mol. The first kappa shape index (κ1) is 12.7. The van der Waals surface area contributed by atoms with Crippen LogP contribution in [0.3, 0.4) is 0 Å². The Morgan fingerprint density at radius 1 is 1.44 bits per heavy atom. The molecule has 0 saturated heterocycles. The third kappa shape index (κ3) is 3.15. The molecule has 1 aromatic rings. The summed E-state index contributed by atoms with van der Waals surface area (Å²) in [5, 5.41) is 2.94. The van der Waals surface area contributed by atoms with E-state index in [1.807, 2.05) is 29.2 Å². The highest BCUT2D eigenvalue weighted by Crippen LogP contribution is 2.22. The predicted octanol–water partition coefficient (Wildman–Crippen LogP) is 2.39. The highest BCUT2D eigenvalue weighted by atomic mass is 16.5. The molecule has 1 heterocycles. The molecular weight excluding hydrogens is 228 g/mol. The standard InChI is InChI=1S/C14H20N2O2/c1-2-3-8-15-14(17)16-9-10-18-13-7-5-4-6-12(13)11-16/h4-7H,2-3,8-11H2,1H3,(H,15,17). The molecule has 1 aliphatic rings. The van der Waals surface area contributed by atoms with Crippen molar-refractivity contribution in [2.24, 2.45) is 0 Å². The summed E-state index contributed by atoms with van der Waals surface area (Å²) in [6.45, 7) is 4.66. The van der Waals surface area contributed by atoms with Crippen LogP contribution in [0.2, 0.25) is 0 Å². The smallest absolute Gasteiger partial charge is 0.317 e. The summed E-state index contributed by atoms with van der Waals surface area (Å²) in [6.07, 6.45) is 2.11. The Morgan fingerprint density at radius 2 is 2.28 bits per heavy atom. The molecule has 0 bridgehead atoms. The van der Waals surface area contributed by atoms with E-state index in [-0.39, 0.29) is 6.03 Å². The highest BCUT2D eigenvalue weighted by molar-refractivity contribution is 5.74. The number of unbranched alkanes of at least 4 members (excludes halogenated alkanes) is 1. The van der Waals surface area contributed by atoms with E-state index in [2.05, 4.69) is 12.2 Å². The van der Waals surface area contributed by atoms with E-state index in [1.165, 1.54) is 0 Å². The number of benzene rings is 1. The van der Waals surface area contributed by atoms with E-state index < -0.39 is 0 Å². The lowest BCUT2D eigenvalue weighted by Gasteiger charge is -2.20. The van der Waals surface area contributed by atoms with Crippen molar-refractivity contribution in [2.45, 2.75) is 26.3 Å². The van der Waals surface area contributed by atoms with Crippen molar-refractivity contribution in [3.63, 3.8) is 0 Å². The van der Waals surface area contributed by atoms with Gasteiger partial charge in [-0.2, -0.15) is 0 Å². The van der Waals surface area contributed by atoms with Crippen LogP contribution in [0.4, 0.5) is 4.79 Å². The van der Waals surface area contributed by atoms with Gasteiger partial charge in [0.1, 0.15) is 12.4 Å². The Labute approximate surface area is 108 Å². The van der Waals surface area contributed by atoms with Crippen LogP contribution in [-0.4, -0.2) is 30.6 Å². The number of ether oxygens (including phenoxy) is 1. The third-order valence-corrected chi connectivity index (χ3v) is 3.05. The maximum absolute atomic E-state index is 12.0. The molecular formula is C14H20N2O2. The molecule has 0 saturated carbocycles. The van der Waals surface area contributed by atoms with Crippen molar-refractivity contribution in [3.05, 3.63) is 29.8 Å². The largest absolute Gasteiger partial charge is 0.491 e. The maximum Gasteiger partial charge on any atom is 0.317 e. The van der Waals surface area contributed by atoms with Gasteiger partial charge in [0.25, 0.3) is 0 Å². The van der Waals surface area contributed by atoms with Gasteiger partial charge in [0.05, 0.1) is 13.1 Å². The minimum Gasteiger partial charge on any atom is -0.491 e. The highest BCUT2D eigenvalue weighted by Gasteiger charge is 2.18. The van der Waals surface area contributed by atoms with Gasteiger partial charge in [-0.1, -0.05) is 31.5 Å². The first-order valence-electron chi connectivity index (χ1n) is 6.54. The van der Waals surface area contributed by atoms with Crippen molar-refractivity contribution in [2.75, 3.05) is 19.7 Å². The molecule has 0 aliphatic carbocycles. The number of rotatable bonds is 3. The second-order valence-electron chi connectivity index (χ2n) is 4.46. The van der Waals surface area contributed by atoms with Crippen molar-refractivity contribution in [1.82, 2.24) is 10.2 Å². The summed E-state index contributed by atoms with van der Waals surface area (Å²) < 4.78 is 5.63. The lowest BCUT2D eigenvalue weighted by Crippen LogP contribution is -2.41. The van der Waals surface area contributed by atoms with Crippen LogP contribution in [0.1, 0.15) is 25.3 Å². The maximum atomic E-state index is 12.0. The summed E-state index contributed by atoms with van der Waals surface area (Å²) in [6, 6.07) is 7.89. The van der Waals surface area contributed by atoms with Crippen LogP contribution in [0.25, 0.3) is 0 Å². The Kier molecular flexibility index (Phi) is 4.45. The Balaban J connectivity index is 1.97. The quantitative estimate of drug-likeness (QED) is 0.834. The summed E-state index contributed by atoms with van der Waals surface area (Å²) >= 11 is 0. The molecule has 1 aromatic carbocycles. The molecule has 4 nitrogen and oxygen atoms in total.